The maximum Gasteiger partial charge on any atom is 0.191 e. The topological polar surface area (TPSA) is 78.2 Å². The molecule has 7 heteroatoms. The van der Waals surface area contributed by atoms with Crippen LogP contribution >= 0.6 is 24.0 Å². The normalized spacial score (nSPS) is 11.4. The third-order valence-electron chi connectivity index (χ3n) is 4.20. The summed E-state index contributed by atoms with van der Waals surface area (Å²) < 4.78 is 5.18. The zero-order chi connectivity index (χ0) is 16.9. The predicted octanol–water partition coefficient (Wildman–Crippen LogP) is 3.30. The van der Waals surface area contributed by atoms with Crippen LogP contribution in [0.25, 0.3) is 10.9 Å². The number of nitrogens with zero attached hydrogens (tertiary/aromatic N) is 2. The molecular formula is C18H24IN5O. The van der Waals surface area contributed by atoms with E-state index in [1.165, 1.54) is 16.5 Å². The van der Waals surface area contributed by atoms with E-state index >= 15 is 0 Å². The van der Waals surface area contributed by atoms with Gasteiger partial charge in [-0.1, -0.05) is 23.4 Å². The van der Waals surface area contributed by atoms with Gasteiger partial charge in [0.1, 0.15) is 5.76 Å². The summed E-state index contributed by atoms with van der Waals surface area (Å²) in [4.78, 5) is 7.57. The van der Waals surface area contributed by atoms with Crippen LogP contribution in [0.15, 0.2) is 40.0 Å². The Morgan fingerprint density at radius 1 is 1.24 bits per heavy atom. The molecule has 0 amide bonds. The van der Waals surface area contributed by atoms with Gasteiger partial charge in [-0.15, -0.1) is 24.0 Å². The number of hydrogen-bond acceptors (Lipinski definition) is 3. The molecule has 0 spiro atoms. The van der Waals surface area contributed by atoms with Crippen LogP contribution in [0.4, 0.5) is 0 Å². The van der Waals surface area contributed by atoms with Crippen LogP contribution in [0.2, 0.25) is 0 Å². The van der Waals surface area contributed by atoms with Gasteiger partial charge in [-0.05, 0) is 31.9 Å². The molecule has 0 aliphatic carbocycles. The number of benzene rings is 1. The van der Waals surface area contributed by atoms with Crippen molar-refractivity contribution in [3.8, 4) is 0 Å². The monoisotopic (exact) mass is 453 g/mol. The number of nitrogens with one attached hydrogen (secondary N) is 3. The molecule has 0 aliphatic heterocycles. The average Bonchev–Trinajstić information content (AvgIpc) is 3.15. The summed E-state index contributed by atoms with van der Waals surface area (Å²) in [6, 6.07) is 8.35. The Morgan fingerprint density at radius 3 is 2.76 bits per heavy atom. The van der Waals surface area contributed by atoms with Crippen molar-refractivity contribution >= 4 is 40.8 Å². The molecule has 0 aliphatic rings. The maximum absolute atomic E-state index is 5.18. The van der Waals surface area contributed by atoms with Gasteiger partial charge in [0.2, 0.25) is 0 Å². The molecule has 3 N–H and O–H groups in total. The van der Waals surface area contributed by atoms with Crippen molar-refractivity contribution in [2.45, 2.75) is 26.8 Å². The molecule has 0 radical (unpaired) electrons. The molecule has 6 nitrogen and oxygen atoms in total. The fourth-order valence-corrected chi connectivity index (χ4v) is 2.80. The Bertz CT molecular complexity index is 833. The van der Waals surface area contributed by atoms with Crippen LogP contribution in [0, 0.1) is 13.8 Å². The van der Waals surface area contributed by atoms with Crippen LogP contribution < -0.4 is 10.6 Å². The zero-order valence-electron chi connectivity index (χ0n) is 14.7. The minimum absolute atomic E-state index is 0. The lowest BCUT2D eigenvalue weighted by Crippen LogP contribution is -2.38. The maximum atomic E-state index is 5.18. The fourth-order valence-electron chi connectivity index (χ4n) is 2.80. The number of rotatable bonds is 5. The standard InChI is InChI=1S/C18H23N5O.HI/c1-12-16(13(2)24-23-12)11-22-18(19-3)20-9-8-14-10-21-17-7-5-4-6-15(14)17;/h4-7,10,21H,8-9,11H2,1-3H3,(H2,19,20,22);1H. The van der Waals surface area contributed by atoms with Gasteiger partial charge in [0.15, 0.2) is 5.96 Å². The minimum Gasteiger partial charge on any atom is -0.361 e. The van der Waals surface area contributed by atoms with Gasteiger partial charge in [-0.25, -0.2) is 0 Å². The molecule has 0 saturated carbocycles. The number of guanidine groups is 1. The lowest BCUT2D eigenvalue weighted by molar-refractivity contribution is 0.392. The third-order valence-corrected chi connectivity index (χ3v) is 4.20. The van der Waals surface area contributed by atoms with Gasteiger partial charge in [0, 0.05) is 42.8 Å². The largest absolute Gasteiger partial charge is 0.361 e. The summed E-state index contributed by atoms with van der Waals surface area (Å²) in [6.45, 7) is 5.32. The smallest absolute Gasteiger partial charge is 0.191 e. The molecule has 3 aromatic rings. The highest BCUT2D eigenvalue weighted by atomic mass is 127. The number of hydrogen-bond donors (Lipinski definition) is 3. The Labute approximate surface area is 164 Å². The second kappa shape index (κ2) is 8.89. The van der Waals surface area contributed by atoms with Crippen molar-refractivity contribution in [2.75, 3.05) is 13.6 Å². The molecule has 2 aromatic heterocycles. The van der Waals surface area contributed by atoms with E-state index < -0.39 is 0 Å². The second-order valence-electron chi connectivity index (χ2n) is 5.76. The number of halogens is 1. The highest BCUT2D eigenvalue weighted by Crippen LogP contribution is 2.17. The third kappa shape index (κ3) is 4.53. The molecule has 0 unspecified atom stereocenters. The molecule has 1 aromatic carbocycles. The van der Waals surface area contributed by atoms with Gasteiger partial charge >= 0.3 is 0 Å². The van der Waals surface area contributed by atoms with Crippen molar-refractivity contribution < 1.29 is 4.52 Å². The number of para-hydroxylation sites is 1. The highest BCUT2D eigenvalue weighted by Gasteiger charge is 2.09. The minimum atomic E-state index is 0. The fraction of sp³-hybridized carbons (Fsp3) is 0.333. The van der Waals surface area contributed by atoms with Crippen LogP contribution in [-0.4, -0.2) is 29.7 Å². The predicted molar refractivity (Wildman–Crippen MR) is 112 cm³/mol. The first-order valence-electron chi connectivity index (χ1n) is 8.10. The van der Waals surface area contributed by atoms with E-state index in [0.29, 0.717) is 6.54 Å². The molecule has 0 saturated heterocycles. The number of aryl methyl sites for hydroxylation is 2. The van der Waals surface area contributed by atoms with Gasteiger partial charge in [0.25, 0.3) is 0 Å². The van der Waals surface area contributed by atoms with E-state index in [1.807, 2.05) is 19.9 Å². The summed E-state index contributed by atoms with van der Waals surface area (Å²) in [5.74, 6) is 1.61. The van der Waals surface area contributed by atoms with E-state index in [9.17, 15) is 0 Å². The molecule has 2 heterocycles. The first-order chi connectivity index (χ1) is 11.7. The number of H-pyrrole nitrogens is 1. The van der Waals surface area contributed by atoms with Gasteiger partial charge in [0.05, 0.1) is 5.69 Å². The van der Waals surface area contributed by atoms with E-state index in [-0.39, 0.29) is 24.0 Å². The van der Waals surface area contributed by atoms with Crippen LogP contribution in [0.1, 0.15) is 22.6 Å². The van der Waals surface area contributed by atoms with Crippen LogP contribution in [-0.2, 0) is 13.0 Å². The lowest BCUT2D eigenvalue weighted by atomic mass is 10.1. The van der Waals surface area contributed by atoms with Crippen LogP contribution in [0.5, 0.6) is 0 Å². The Kier molecular flexibility index (Phi) is 6.86. The summed E-state index contributed by atoms with van der Waals surface area (Å²) >= 11 is 0. The lowest BCUT2D eigenvalue weighted by Gasteiger charge is -2.11. The van der Waals surface area contributed by atoms with Gasteiger partial charge in [-0.2, -0.15) is 0 Å². The Morgan fingerprint density at radius 2 is 2.04 bits per heavy atom. The molecule has 0 atom stereocenters. The summed E-state index contributed by atoms with van der Waals surface area (Å²) in [6.07, 6.45) is 3.00. The van der Waals surface area contributed by atoms with Gasteiger partial charge < -0.3 is 20.1 Å². The molecule has 134 valence electrons. The zero-order valence-corrected chi connectivity index (χ0v) is 17.0. The number of fused-ring (bicyclic) bond motifs is 1. The van der Waals surface area contributed by atoms with Gasteiger partial charge in [-0.3, -0.25) is 4.99 Å². The SMILES string of the molecule is CN=C(NCCc1c[nH]c2ccccc12)NCc1c(C)noc1C.I. The molecule has 0 bridgehead atoms. The molecule has 3 rings (SSSR count). The summed E-state index contributed by atoms with van der Waals surface area (Å²) in [7, 11) is 1.77. The first-order valence-corrected chi connectivity index (χ1v) is 8.10. The summed E-state index contributed by atoms with van der Waals surface area (Å²) in [5, 5.41) is 11.9. The Balaban J connectivity index is 0.00000225. The van der Waals surface area contributed by atoms with Crippen molar-refractivity contribution in [2.24, 2.45) is 4.99 Å². The molecule has 0 fully saturated rings. The van der Waals surface area contributed by atoms with Crippen molar-refractivity contribution in [1.29, 1.82) is 0 Å². The number of aromatic nitrogens is 2. The number of aliphatic imine (C=N–C) groups is 1. The first kappa shape index (κ1) is 19.3. The van der Waals surface area contributed by atoms with E-state index in [2.05, 4.69) is 50.2 Å². The number of aromatic amines is 1. The van der Waals surface area contributed by atoms with Crippen molar-refractivity contribution in [3.63, 3.8) is 0 Å². The average molecular weight is 453 g/mol. The molecular weight excluding hydrogens is 429 g/mol. The van der Waals surface area contributed by atoms with E-state index in [4.69, 9.17) is 4.52 Å². The summed E-state index contributed by atoms with van der Waals surface area (Å²) in [5.41, 5.74) is 4.47. The molecule has 25 heavy (non-hydrogen) atoms. The highest BCUT2D eigenvalue weighted by molar-refractivity contribution is 14.0. The van der Waals surface area contributed by atoms with Crippen molar-refractivity contribution in [1.82, 2.24) is 20.8 Å². The van der Waals surface area contributed by atoms with E-state index in [0.717, 1.165) is 35.9 Å². The van der Waals surface area contributed by atoms with E-state index in [1.54, 1.807) is 7.05 Å². The Hall–Kier alpha value is -2.03. The second-order valence-corrected chi connectivity index (χ2v) is 5.76. The van der Waals surface area contributed by atoms with Crippen molar-refractivity contribution in [3.05, 3.63) is 53.0 Å². The van der Waals surface area contributed by atoms with Crippen LogP contribution in [0.3, 0.4) is 0 Å². The quantitative estimate of drug-likeness (QED) is 0.315.